The molecule has 3 N–H and O–H groups in total. The summed E-state index contributed by atoms with van der Waals surface area (Å²) in [5.41, 5.74) is 8.00. The third kappa shape index (κ3) is 16.7. The number of nitrogens with one attached hydrogen (secondary N) is 1. The maximum Gasteiger partial charge on any atom is 0.267 e. The fraction of sp³-hybridized carbons (Fsp3) is 0.0645. The molecule has 0 radical (unpaired) electrons. The number of halogens is 2. The predicted molar refractivity (Wildman–Crippen MR) is 193 cm³/mol. The maximum atomic E-state index is 11.9. The Morgan fingerprint density at radius 1 is 0.810 bits per heavy atom. The number of benzene rings is 2. The molecule has 0 bridgehead atoms. The number of hydrogen-bond acceptors (Lipinski definition) is 6. The maximum absolute atomic E-state index is 11.9. The fourth-order valence-corrected chi connectivity index (χ4v) is 5.58. The summed E-state index contributed by atoms with van der Waals surface area (Å²) >= 11 is 7.76. The number of rotatable bonds is 12. The standard InChI is InChI=1S/C11H13N3.C11H13NO2S.C5H9N.C4H4Br2S/c1-3-14(4-2)10-7-5-9(6-8-10)11(12)13;1-4-12(5-2)15(13,14)11-8-6-10(3)7-9-11;1-4-6(3)5-2;1-3(5)7-4(2)6/h3-8H,1-2H2,(H3,12,13);4-9H,1-2H2,3H3;4-5H,1-2H2,3H3;1-2H2. The van der Waals surface area contributed by atoms with Crippen LogP contribution in [0.4, 0.5) is 5.69 Å². The van der Waals surface area contributed by atoms with Gasteiger partial charge in [-0.05, 0) is 87.6 Å². The molecule has 0 atom stereocenters. The molecule has 0 aliphatic heterocycles. The van der Waals surface area contributed by atoms with Crippen molar-refractivity contribution in [2.24, 2.45) is 5.73 Å². The molecule has 0 aliphatic rings. The number of hydrogen-bond donors (Lipinski definition) is 2. The summed E-state index contributed by atoms with van der Waals surface area (Å²) < 4.78 is 26.5. The van der Waals surface area contributed by atoms with Crippen molar-refractivity contribution in [3.05, 3.63) is 157 Å². The summed E-state index contributed by atoms with van der Waals surface area (Å²) in [7, 11) is -1.65. The lowest BCUT2D eigenvalue weighted by molar-refractivity contribution is 0.553. The van der Waals surface area contributed by atoms with E-state index in [4.69, 9.17) is 11.1 Å². The molecule has 7 nitrogen and oxygen atoms in total. The minimum absolute atomic E-state index is 0.0697. The Hall–Kier alpha value is -3.51. The van der Waals surface area contributed by atoms with Crippen LogP contribution in [0, 0.1) is 12.3 Å². The van der Waals surface area contributed by atoms with Gasteiger partial charge in [0, 0.05) is 50.7 Å². The second-order valence-electron chi connectivity index (χ2n) is 7.59. The first kappa shape index (κ1) is 40.6. The molecule has 0 heterocycles. The van der Waals surface area contributed by atoms with Crippen molar-refractivity contribution in [3.8, 4) is 0 Å². The third-order valence-corrected chi connectivity index (χ3v) is 7.76. The highest BCUT2D eigenvalue weighted by Crippen LogP contribution is 2.30. The van der Waals surface area contributed by atoms with Gasteiger partial charge >= 0.3 is 0 Å². The second kappa shape index (κ2) is 22.1. The van der Waals surface area contributed by atoms with E-state index in [0.717, 1.165) is 23.2 Å². The molecule has 0 saturated carbocycles. The van der Waals surface area contributed by atoms with Gasteiger partial charge in [0.25, 0.3) is 10.0 Å². The highest BCUT2D eigenvalue weighted by Gasteiger charge is 2.18. The average Bonchev–Trinajstić information content (AvgIpc) is 2.94. The van der Waals surface area contributed by atoms with E-state index in [1.54, 1.807) is 71.0 Å². The van der Waals surface area contributed by atoms with Gasteiger partial charge in [0.1, 0.15) is 5.84 Å². The fourth-order valence-electron chi connectivity index (χ4n) is 2.40. The number of thioether (sulfide) groups is 1. The molecule has 11 heteroatoms. The molecule has 226 valence electrons. The molecular weight excluding hydrogens is 698 g/mol. The van der Waals surface area contributed by atoms with Gasteiger partial charge in [0.15, 0.2) is 0 Å². The van der Waals surface area contributed by atoms with E-state index >= 15 is 0 Å². The van der Waals surface area contributed by atoms with Crippen LogP contribution in [-0.2, 0) is 10.0 Å². The minimum Gasteiger partial charge on any atom is -0.384 e. The number of nitrogen functional groups attached to an aromatic ring is 1. The lowest BCUT2D eigenvalue weighted by atomic mass is 10.2. The molecule has 0 aromatic heterocycles. The van der Waals surface area contributed by atoms with E-state index in [1.165, 1.54) is 24.2 Å². The van der Waals surface area contributed by atoms with E-state index in [9.17, 15) is 8.42 Å². The Balaban J connectivity index is 0. The second-order valence-corrected chi connectivity index (χ2v) is 13.6. The largest absolute Gasteiger partial charge is 0.384 e. The summed E-state index contributed by atoms with van der Waals surface area (Å²) in [6, 6.07) is 13.9. The number of nitrogens with zero attached hydrogens (tertiary/aromatic N) is 3. The van der Waals surface area contributed by atoms with Gasteiger partial charge in [-0.2, -0.15) is 0 Å². The molecule has 2 aromatic carbocycles. The van der Waals surface area contributed by atoms with Gasteiger partial charge in [0.2, 0.25) is 0 Å². The first-order chi connectivity index (χ1) is 19.6. The van der Waals surface area contributed by atoms with Crippen molar-refractivity contribution in [2.75, 3.05) is 11.9 Å². The molecule has 0 fully saturated rings. The van der Waals surface area contributed by atoms with Crippen LogP contribution in [0.25, 0.3) is 0 Å². The number of anilines is 1. The molecule has 0 saturated heterocycles. The van der Waals surface area contributed by atoms with Crippen molar-refractivity contribution in [2.45, 2.75) is 11.8 Å². The first-order valence-corrected chi connectivity index (χ1v) is 15.7. The average molecular weight is 738 g/mol. The quantitative estimate of drug-likeness (QED) is 0.167. The summed E-state index contributed by atoms with van der Waals surface area (Å²) in [6.45, 7) is 30.2. The molecule has 0 aliphatic carbocycles. The van der Waals surface area contributed by atoms with Gasteiger partial charge in [-0.25, -0.2) is 8.42 Å². The molecule has 0 spiro atoms. The van der Waals surface area contributed by atoms with Crippen molar-refractivity contribution < 1.29 is 8.42 Å². The van der Waals surface area contributed by atoms with Crippen LogP contribution in [0.5, 0.6) is 0 Å². The van der Waals surface area contributed by atoms with E-state index in [1.807, 2.05) is 26.1 Å². The van der Waals surface area contributed by atoms with Crippen LogP contribution in [0.15, 0.2) is 151 Å². The molecule has 2 rings (SSSR count). The first-order valence-electron chi connectivity index (χ1n) is 11.8. The topological polar surface area (TPSA) is 93.7 Å². The molecule has 2 aromatic rings. The van der Waals surface area contributed by atoms with E-state index < -0.39 is 10.0 Å². The predicted octanol–water partition coefficient (Wildman–Crippen LogP) is 8.99. The molecule has 0 unspecified atom stereocenters. The van der Waals surface area contributed by atoms with Gasteiger partial charge in [-0.1, -0.05) is 82.1 Å². The van der Waals surface area contributed by atoms with Crippen LogP contribution in [0.3, 0.4) is 0 Å². The summed E-state index contributed by atoms with van der Waals surface area (Å²) in [5.74, 6) is 0.0697. The lowest BCUT2D eigenvalue weighted by Crippen LogP contribution is -2.19. The highest BCUT2D eigenvalue weighted by molar-refractivity contribution is 9.16. The van der Waals surface area contributed by atoms with Crippen LogP contribution in [0.2, 0.25) is 0 Å². The van der Waals surface area contributed by atoms with Crippen molar-refractivity contribution in [3.63, 3.8) is 0 Å². The highest BCUT2D eigenvalue weighted by atomic mass is 79.9. The Labute approximate surface area is 273 Å². The number of amidine groups is 1. The molecule has 42 heavy (non-hydrogen) atoms. The van der Waals surface area contributed by atoms with E-state index in [2.05, 4.69) is 84.5 Å². The SMILES string of the molecule is C=C(Br)SC(=C)Br.C=CN(C)C=C.C=CN(C=C)S(=O)(=O)c1ccc(C)cc1.C=CN(C=C)c1ccc(C(=N)N)cc1. The zero-order chi connectivity index (χ0) is 32.9. The number of nitrogens with two attached hydrogens (primary N) is 1. The molecule has 0 amide bonds. The van der Waals surface area contributed by atoms with Gasteiger partial charge in [-0.3, -0.25) is 9.71 Å². The normalized spacial score (nSPS) is 9.24. The summed E-state index contributed by atoms with van der Waals surface area (Å²) in [4.78, 5) is 3.79. The van der Waals surface area contributed by atoms with E-state index in [-0.39, 0.29) is 10.7 Å². The van der Waals surface area contributed by atoms with Crippen LogP contribution < -0.4 is 10.6 Å². The van der Waals surface area contributed by atoms with Gasteiger partial charge in [-0.15, -0.1) is 0 Å². The minimum atomic E-state index is -3.52. The Morgan fingerprint density at radius 2 is 1.24 bits per heavy atom. The monoisotopic (exact) mass is 735 g/mol. The Bertz CT molecular complexity index is 1300. The van der Waals surface area contributed by atoms with Crippen molar-refractivity contribution in [1.29, 1.82) is 5.41 Å². The van der Waals surface area contributed by atoms with Crippen LogP contribution >= 0.6 is 43.6 Å². The zero-order valence-corrected chi connectivity index (χ0v) is 28.9. The van der Waals surface area contributed by atoms with Crippen molar-refractivity contribution in [1.82, 2.24) is 9.21 Å². The number of sulfonamides is 1. The Kier molecular flexibility index (Phi) is 21.4. The number of aryl methyl sites for hydroxylation is 1. The van der Waals surface area contributed by atoms with Crippen LogP contribution in [-0.4, -0.2) is 30.5 Å². The smallest absolute Gasteiger partial charge is 0.267 e. The van der Waals surface area contributed by atoms with Crippen LogP contribution in [0.1, 0.15) is 11.1 Å². The van der Waals surface area contributed by atoms with E-state index in [0.29, 0.717) is 5.56 Å². The zero-order valence-electron chi connectivity index (χ0n) is 24.0. The van der Waals surface area contributed by atoms with Crippen molar-refractivity contribution >= 4 is 65.2 Å². The lowest BCUT2D eigenvalue weighted by Gasteiger charge is -2.14. The van der Waals surface area contributed by atoms with Gasteiger partial charge < -0.3 is 15.5 Å². The summed E-state index contributed by atoms with van der Waals surface area (Å²) in [6.07, 6.45) is 9.12. The third-order valence-electron chi connectivity index (χ3n) is 4.62. The van der Waals surface area contributed by atoms with Gasteiger partial charge in [0.05, 0.1) is 4.90 Å². The molecular formula is C31H39Br2N5O2S2. The Morgan fingerprint density at radius 3 is 1.50 bits per heavy atom. The summed E-state index contributed by atoms with van der Waals surface area (Å²) in [5, 5.41) is 7.23.